The molecule has 0 N–H and O–H groups in total. The van der Waals surface area contributed by atoms with Crippen molar-refractivity contribution in [3.05, 3.63) is 84.4 Å². The van der Waals surface area contributed by atoms with Crippen LogP contribution in [0.4, 0.5) is 0 Å². The maximum atomic E-state index is 5.81. The molecule has 3 rings (SSSR count). The molecule has 0 unspecified atom stereocenters. The first kappa shape index (κ1) is 15.7. The summed E-state index contributed by atoms with van der Waals surface area (Å²) in [5, 5.41) is 8.15. The largest absolute Gasteiger partial charge is 0.437 e. The van der Waals surface area contributed by atoms with Gasteiger partial charge in [-0.3, -0.25) is 0 Å². The molecular weight excluding hydrogens is 300 g/mol. The van der Waals surface area contributed by atoms with Crippen LogP contribution in [-0.4, -0.2) is 10.2 Å². The number of hydrogen-bond donors (Lipinski definition) is 0. The molecule has 4 nitrogen and oxygen atoms in total. The van der Waals surface area contributed by atoms with E-state index in [-0.39, 0.29) is 0 Å². The minimum absolute atomic E-state index is 0.420. The second kappa shape index (κ2) is 7.42. The molecular formula is C20H18N2O2. The third-order valence-electron chi connectivity index (χ3n) is 3.48. The molecule has 3 aromatic rings. The highest BCUT2D eigenvalue weighted by atomic mass is 16.5. The van der Waals surface area contributed by atoms with Crippen molar-refractivity contribution < 1.29 is 9.47 Å². The van der Waals surface area contributed by atoms with Gasteiger partial charge in [-0.05, 0) is 36.6 Å². The van der Waals surface area contributed by atoms with Gasteiger partial charge in [-0.25, -0.2) is 0 Å². The maximum absolute atomic E-state index is 5.81. The van der Waals surface area contributed by atoms with Crippen molar-refractivity contribution in [1.29, 1.82) is 0 Å². The van der Waals surface area contributed by atoms with Crippen LogP contribution >= 0.6 is 0 Å². The smallest absolute Gasteiger partial charge is 0.239 e. The second-order valence-corrected chi connectivity index (χ2v) is 5.28. The van der Waals surface area contributed by atoms with Crippen molar-refractivity contribution in [2.75, 3.05) is 0 Å². The first-order valence-corrected chi connectivity index (χ1v) is 7.70. The molecule has 0 saturated carbocycles. The average Bonchev–Trinajstić information content (AvgIpc) is 2.61. The third-order valence-corrected chi connectivity index (χ3v) is 3.48. The number of ether oxygens (including phenoxy) is 2. The van der Waals surface area contributed by atoms with E-state index in [1.54, 1.807) is 12.1 Å². The molecule has 1 aromatic heterocycles. The minimum atomic E-state index is 0.420. The first-order chi connectivity index (χ1) is 11.8. The van der Waals surface area contributed by atoms with E-state index in [4.69, 9.17) is 9.47 Å². The lowest BCUT2D eigenvalue weighted by atomic mass is 10.1. The van der Waals surface area contributed by atoms with Gasteiger partial charge in [-0.15, -0.1) is 16.8 Å². The lowest BCUT2D eigenvalue weighted by Gasteiger charge is -2.10. The van der Waals surface area contributed by atoms with Gasteiger partial charge in [0.15, 0.2) is 0 Å². The summed E-state index contributed by atoms with van der Waals surface area (Å²) in [6.07, 6.45) is 2.57. The molecule has 0 aliphatic carbocycles. The molecule has 0 fully saturated rings. The van der Waals surface area contributed by atoms with E-state index in [9.17, 15) is 0 Å². The molecule has 0 saturated heterocycles. The molecule has 0 bridgehead atoms. The molecule has 120 valence electrons. The van der Waals surface area contributed by atoms with Crippen LogP contribution in [0, 0.1) is 6.92 Å². The van der Waals surface area contributed by atoms with Crippen LogP contribution in [0.25, 0.3) is 0 Å². The highest BCUT2D eigenvalue weighted by Crippen LogP contribution is 2.26. The van der Waals surface area contributed by atoms with Gasteiger partial charge in [-0.2, -0.15) is 0 Å². The van der Waals surface area contributed by atoms with Crippen molar-refractivity contribution in [3.8, 4) is 23.3 Å². The van der Waals surface area contributed by atoms with Crippen molar-refractivity contribution in [2.24, 2.45) is 0 Å². The lowest BCUT2D eigenvalue weighted by molar-refractivity contribution is 0.423. The molecule has 0 aliphatic heterocycles. The quantitative estimate of drug-likeness (QED) is 0.593. The van der Waals surface area contributed by atoms with Crippen LogP contribution in [0.2, 0.25) is 0 Å². The summed E-state index contributed by atoms with van der Waals surface area (Å²) in [6.45, 7) is 5.75. The summed E-state index contributed by atoms with van der Waals surface area (Å²) in [6, 6.07) is 19.0. The number of benzene rings is 2. The van der Waals surface area contributed by atoms with Gasteiger partial charge in [0.05, 0.1) is 0 Å². The van der Waals surface area contributed by atoms with Gasteiger partial charge >= 0.3 is 0 Å². The Morgan fingerprint density at radius 1 is 0.833 bits per heavy atom. The standard InChI is InChI=1S/C20H18N2O2/c1-3-8-16-10-5-7-12-18(16)24-20-14-13-19(21-22-20)23-17-11-6-4-9-15(17)2/h3-7,9-14H,1,8H2,2H3. The molecule has 0 amide bonds. The predicted molar refractivity (Wildman–Crippen MR) is 93.7 cm³/mol. The summed E-state index contributed by atoms with van der Waals surface area (Å²) in [5.74, 6) is 2.36. The highest BCUT2D eigenvalue weighted by molar-refractivity contribution is 5.38. The second-order valence-electron chi connectivity index (χ2n) is 5.28. The van der Waals surface area contributed by atoms with E-state index in [2.05, 4.69) is 16.8 Å². The highest BCUT2D eigenvalue weighted by Gasteiger charge is 2.06. The number of hydrogen-bond acceptors (Lipinski definition) is 4. The fourth-order valence-corrected chi connectivity index (χ4v) is 2.24. The van der Waals surface area contributed by atoms with E-state index in [1.165, 1.54) is 0 Å². The van der Waals surface area contributed by atoms with Gasteiger partial charge in [-0.1, -0.05) is 42.5 Å². The summed E-state index contributed by atoms with van der Waals surface area (Å²) in [4.78, 5) is 0. The number of nitrogens with zero attached hydrogens (tertiary/aromatic N) is 2. The fourth-order valence-electron chi connectivity index (χ4n) is 2.24. The number of aryl methyl sites for hydroxylation is 1. The van der Waals surface area contributed by atoms with Gasteiger partial charge in [0.25, 0.3) is 0 Å². The Hall–Kier alpha value is -3.14. The van der Waals surface area contributed by atoms with E-state index in [0.717, 1.165) is 29.0 Å². The first-order valence-electron chi connectivity index (χ1n) is 7.70. The zero-order chi connectivity index (χ0) is 16.8. The molecule has 1 heterocycles. The molecule has 4 heteroatoms. The maximum Gasteiger partial charge on any atom is 0.239 e. The average molecular weight is 318 g/mol. The Morgan fingerprint density at radius 3 is 2.04 bits per heavy atom. The van der Waals surface area contributed by atoms with Gasteiger partial charge in [0.1, 0.15) is 11.5 Å². The third kappa shape index (κ3) is 3.79. The van der Waals surface area contributed by atoms with Crippen molar-refractivity contribution in [1.82, 2.24) is 10.2 Å². The van der Waals surface area contributed by atoms with E-state index in [0.29, 0.717) is 11.8 Å². The van der Waals surface area contributed by atoms with Crippen molar-refractivity contribution in [3.63, 3.8) is 0 Å². The summed E-state index contributed by atoms with van der Waals surface area (Å²) in [5.41, 5.74) is 2.09. The summed E-state index contributed by atoms with van der Waals surface area (Å²) in [7, 11) is 0. The van der Waals surface area contributed by atoms with Crippen LogP contribution < -0.4 is 9.47 Å². The van der Waals surface area contributed by atoms with E-state index < -0.39 is 0 Å². The Labute approximate surface area is 141 Å². The zero-order valence-corrected chi connectivity index (χ0v) is 13.5. The molecule has 0 radical (unpaired) electrons. The Balaban J connectivity index is 1.73. The van der Waals surface area contributed by atoms with Gasteiger partial charge in [0.2, 0.25) is 11.8 Å². The number of allylic oxidation sites excluding steroid dienone is 1. The van der Waals surface area contributed by atoms with Gasteiger partial charge in [0, 0.05) is 12.1 Å². The topological polar surface area (TPSA) is 44.2 Å². The molecule has 0 atom stereocenters. The van der Waals surface area contributed by atoms with Crippen LogP contribution in [0.15, 0.2) is 73.3 Å². The Kier molecular flexibility index (Phi) is 4.87. The number of para-hydroxylation sites is 2. The summed E-state index contributed by atoms with van der Waals surface area (Å²) >= 11 is 0. The minimum Gasteiger partial charge on any atom is -0.437 e. The van der Waals surface area contributed by atoms with E-state index >= 15 is 0 Å². The molecule has 0 aliphatic rings. The Morgan fingerprint density at radius 2 is 1.42 bits per heavy atom. The SMILES string of the molecule is C=CCc1ccccc1Oc1ccc(Oc2ccccc2C)nn1. The fraction of sp³-hybridized carbons (Fsp3) is 0.100. The van der Waals surface area contributed by atoms with Crippen LogP contribution in [-0.2, 0) is 6.42 Å². The van der Waals surface area contributed by atoms with Crippen LogP contribution in [0.1, 0.15) is 11.1 Å². The summed E-state index contributed by atoms with van der Waals surface area (Å²) < 4.78 is 11.5. The van der Waals surface area contributed by atoms with Crippen LogP contribution in [0.5, 0.6) is 23.3 Å². The number of rotatable bonds is 6. The van der Waals surface area contributed by atoms with Crippen molar-refractivity contribution in [2.45, 2.75) is 13.3 Å². The van der Waals surface area contributed by atoms with E-state index in [1.807, 2.05) is 61.5 Å². The normalized spacial score (nSPS) is 10.2. The molecule has 0 spiro atoms. The van der Waals surface area contributed by atoms with Gasteiger partial charge < -0.3 is 9.47 Å². The number of aromatic nitrogens is 2. The molecule has 2 aromatic carbocycles. The lowest BCUT2D eigenvalue weighted by Crippen LogP contribution is -1.96. The van der Waals surface area contributed by atoms with Crippen LogP contribution in [0.3, 0.4) is 0 Å². The monoisotopic (exact) mass is 318 g/mol. The van der Waals surface area contributed by atoms with Crippen molar-refractivity contribution >= 4 is 0 Å². The Bertz CT molecular complexity index is 829. The predicted octanol–water partition coefficient (Wildman–Crippen LogP) is 5.10. The molecule has 24 heavy (non-hydrogen) atoms. The zero-order valence-electron chi connectivity index (χ0n) is 13.5.